The van der Waals surface area contributed by atoms with Gasteiger partial charge >= 0.3 is 12.7 Å². The number of alkyl halides is 2. The Balaban J connectivity index is 2.79. The molecule has 0 heterocycles. The van der Waals surface area contributed by atoms with Gasteiger partial charge in [0.2, 0.25) is 0 Å². The number of benzene rings is 1. The molecule has 0 spiro atoms. The number of rotatable bonds is 3. The van der Waals surface area contributed by atoms with Crippen molar-refractivity contribution < 1.29 is 23.0 Å². The number of hydrogen-bond acceptors (Lipinski definition) is 3. The Morgan fingerprint density at radius 2 is 2.00 bits per heavy atom. The van der Waals surface area contributed by atoms with Crippen molar-refractivity contribution >= 4 is 27.7 Å². The molecule has 0 aromatic heterocycles. The van der Waals surface area contributed by atoms with Crippen LogP contribution in [0.15, 0.2) is 22.7 Å². The van der Waals surface area contributed by atoms with E-state index in [1.165, 1.54) is 18.2 Å². The summed E-state index contributed by atoms with van der Waals surface area (Å²) in [7, 11) is 0. The quantitative estimate of drug-likeness (QED) is 0.889. The van der Waals surface area contributed by atoms with Crippen molar-refractivity contribution in [2.45, 2.75) is 33.0 Å². The molecule has 0 atom stereocenters. The van der Waals surface area contributed by atoms with Gasteiger partial charge in [0.05, 0.1) is 5.69 Å². The van der Waals surface area contributed by atoms with Gasteiger partial charge in [-0.05, 0) is 48.8 Å². The zero-order valence-corrected chi connectivity index (χ0v) is 12.3. The van der Waals surface area contributed by atoms with E-state index in [4.69, 9.17) is 4.74 Å². The molecule has 4 nitrogen and oxygen atoms in total. The largest absolute Gasteiger partial charge is 0.444 e. The lowest BCUT2D eigenvalue weighted by molar-refractivity contribution is -0.0498. The first-order chi connectivity index (χ1) is 8.67. The number of hydrogen-bond donors (Lipinski definition) is 1. The average Bonchev–Trinajstić information content (AvgIpc) is 2.19. The number of halogens is 3. The second kappa shape index (κ2) is 6.18. The maximum absolute atomic E-state index is 12.1. The van der Waals surface area contributed by atoms with E-state index >= 15 is 0 Å². The van der Waals surface area contributed by atoms with Gasteiger partial charge in [-0.3, -0.25) is 5.32 Å². The Bertz CT molecular complexity index is 461. The lowest BCUT2D eigenvalue weighted by atomic mass is 10.2. The van der Waals surface area contributed by atoms with E-state index in [2.05, 4.69) is 26.0 Å². The standard InChI is InChI=1S/C12H14BrF2NO3/c1-12(2,3)19-11(17)16-9-6-7(18-10(14)15)4-5-8(9)13/h4-6,10H,1-3H3,(H,16,17). The molecule has 0 aliphatic heterocycles. The van der Waals surface area contributed by atoms with Crippen LogP contribution in [0.4, 0.5) is 19.3 Å². The highest BCUT2D eigenvalue weighted by molar-refractivity contribution is 9.10. The third-order valence-corrected chi connectivity index (χ3v) is 2.49. The lowest BCUT2D eigenvalue weighted by Gasteiger charge is -2.20. The van der Waals surface area contributed by atoms with E-state index in [0.717, 1.165) is 0 Å². The van der Waals surface area contributed by atoms with E-state index in [1.54, 1.807) is 20.8 Å². The van der Waals surface area contributed by atoms with Crippen LogP contribution in [0.3, 0.4) is 0 Å². The first kappa shape index (κ1) is 15.7. The molecule has 0 fully saturated rings. The van der Waals surface area contributed by atoms with E-state index < -0.39 is 18.3 Å². The minimum Gasteiger partial charge on any atom is -0.444 e. The topological polar surface area (TPSA) is 47.6 Å². The van der Waals surface area contributed by atoms with Crippen LogP contribution in [-0.4, -0.2) is 18.3 Å². The van der Waals surface area contributed by atoms with Gasteiger partial charge in [-0.1, -0.05) is 0 Å². The van der Waals surface area contributed by atoms with E-state index in [9.17, 15) is 13.6 Å². The van der Waals surface area contributed by atoms with Crippen molar-refractivity contribution in [2.75, 3.05) is 5.32 Å². The fraction of sp³-hybridized carbons (Fsp3) is 0.417. The highest BCUT2D eigenvalue weighted by atomic mass is 79.9. The highest BCUT2D eigenvalue weighted by Crippen LogP contribution is 2.28. The maximum Gasteiger partial charge on any atom is 0.412 e. The third-order valence-electron chi connectivity index (χ3n) is 1.80. The summed E-state index contributed by atoms with van der Waals surface area (Å²) in [5.74, 6) is -0.0516. The number of ether oxygens (including phenoxy) is 2. The van der Waals surface area contributed by atoms with Gasteiger partial charge in [0.25, 0.3) is 0 Å². The summed E-state index contributed by atoms with van der Waals surface area (Å²) in [6, 6.07) is 4.13. The zero-order chi connectivity index (χ0) is 14.6. The fourth-order valence-electron chi connectivity index (χ4n) is 1.19. The van der Waals surface area contributed by atoms with E-state index in [1.807, 2.05) is 0 Å². The van der Waals surface area contributed by atoms with Crippen molar-refractivity contribution in [3.05, 3.63) is 22.7 Å². The molecular formula is C12H14BrF2NO3. The minimum atomic E-state index is -2.92. The molecule has 0 unspecified atom stereocenters. The molecule has 1 rings (SSSR count). The number of anilines is 1. The van der Waals surface area contributed by atoms with Gasteiger partial charge < -0.3 is 9.47 Å². The first-order valence-electron chi connectivity index (χ1n) is 5.42. The Hall–Kier alpha value is -1.37. The summed E-state index contributed by atoms with van der Waals surface area (Å²) in [6.07, 6.45) is -0.678. The van der Waals surface area contributed by atoms with Crippen LogP contribution < -0.4 is 10.1 Å². The predicted molar refractivity (Wildman–Crippen MR) is 70.6 cm³/mol. The molecule has 0 saturated heterocycles. The number of carbonyl (C=O) groups is 1. The summed E-state index contributed by atoms with van der Waals surface area (Å²) in [6.45, 7) is 2.24. The highest BCUT2D eigenvalue weighted by Gasteiger charge is 2.17. The molecule has 0 radical (unpaired) electrons. The Labute approximate surface area is 118 Å². The normalized spacial score (nSPS) is 11.3. The van der Waals surface area contributed by atoms with E-state index in [-0.39, 0.29) is 11.4 Å². The molecule has 7 heteroatoms. The molecule has 0 aliphatic carbocycles. The zero-order valence-electron chi connectivity index (χ0n) is 10.7. The van der Waals surface area contributed by atoms with Gasteiger partial charge in [-0.15, -0.1) is 0 Å². The predicted octanol–water partition coefficient (Wildman–Crippen LogP) is 4.40. The van der Waals surface area contributed by atoms with Gasteiger partial charge in [0, 0.05) is 10.5 Å². The van der Waals surface area contributed by atoms with Crippen LogP contribution in [-0.2, 0) is 4.74 Å². The molecule has 1 N–H and O–H groups in total. The molecular weight excluding hydrogens is 324 g/mol. The summed E-state index contributed by atoms with van der Waals surface area (Å²) in [5, 5.41) is 2.45. The first-order valence-corrected chi connectivity index (χ1v) is 6.21. The Morgan fingerprint density at radius 1 is 1.37 bits per heavy atom. The molecule has 0 aliphatic rings. The van der Waals surface area contributed by atoms with Crippen molar-refractivity contribution in [2.24, 2.45) is 0 Å². The smallest absolute Gasteiger partial charge is 0.412 e. The summed E-state index contributed by atoms with van der Waals surface area (Å²) >= 11 is 3.19. The van der Waals surface area contributed by atoms with Gasteiger partial charge in [0.15, 0.2) is 0 Å². The van der Waals surface area contributed by atoms with Gasteiger partial charge in [-0.2, -0.15) is 8.78 Å². The van der Waals surface area contributed by atoms with Crippen molar-refractivity contribution in [3.8, 4) is 5.75 Å². The SMILES string of the molecule is CC(C)(C)OC(=O)Nc1cc(OC(F)F)ccc1Br. The van der Waals surface area contributed by atoms with Gasteiger partial charge in [-0.25, -0.2) is 4.79 Å². The number of carbonyl (C=O) groups excluding carboxylic acids is 1. The van der Waals surface area contributed by atoms with Crippen molar-refractivity contribution in [3.63, 3.8) is 0 Å². The Morgan fingerprint density at radius 3 is 2.53 bits per heavy atom. The van der Waals surface area contributed by atoms with Crippen molar-refractivity contribution in [1.82, 2.24) is 0 Å². The number of nitrogens with one attached hydrogen (secondary N) is 1. The second-order valence-electron chi connectivity index (χ2n) is 4.65. The van der Waals surface area contributed by atoms with E-state index in [0.29, 0.717) is 4.47 Å². The van der Waals surface area contributed by atoms with Crippen LogP contribution in [0.1, 0.15) is 20.8 Å². The molecule has 1 amide bonds. The molecule has 19 heavy (non-hydrogen) atoms. The van der Waals surface area contributed by atoms with Crippen LogP contribution in [0.5, 0.6) is 5.75 Å². The monoisotopic (exact) mass is 337 g/mol. The Kier molecular flexibility index (Phi) is 5.11. The molecule has 1 aromatic carbocycles. The van der Waals surface area contributed by atoms with Crippen LogP contribution in [0.2, 0.25) is 0 Å². The summed E-state index contributed by atoms with van der Waals surface area (Å²) < 4.78 is 34.0. The summed E-state index contributed by atoms with van der Waals surface area (Å²) in [4.78, 5) is 11.6. The van der Waals surface area contributed by atoms with Crippen LogP contribution in [0, 0.1) is 0 Å². The van der Waals surface area contributed by atoms with Crippen LogP contribution >= 0.6 is 15.9 Å². The molecule has 106 valence electrons. The average molecular weight is 338 g/mol. The second-order valence-corrected chi connectivity index (χ2v) is 5.50. The summed E-state index contributed by atoms with van der Waals surface area (Å²) in [5.41, 5.74) is -0.361. The molecule has 1 aromatic rings. The maximum atomic E-state index is 12.1. The van der Waals surface area contributed by atoms with Gasteiger partial charge in [0.1, 0.15) is 11.4 Å². The lowest BCUT2D eigenvalue weighted by Crippen LogP contribution is -2.27. The van der Waals surface area contributed by atoms with Crippen LogP contribution in [0.25, 0.3) is 0 Å². The number of amides is 1. The van der Waals surface area contributed by atoms with Crippen molar-refractivity contribution in [1.29, 1.82) is 0 Å². The molecule has 0 saturated carbocycles. The minimum absolute atomic E-state index is 0.0516. The molecule has 0 bridgehead atoms. The third kappa shape index (κ3) is 5.87. The fourth-order valence-corrected chi connectivity index (χ4v) is 1.54.